The van der Waals surface area contributed by atoms with Crippen LogP contribution in [0.1, 0.15) is 28.7 Å². The molecular weight excluding hydrogens is 350 g/mol. The molecule has 138 valence electrons. The Hall–Kier alpha value is -3.35. The van der Waals surface area contributed by atoms with Gasteiger partial charge in [0.05, 0.1) is 0 Å². The number of aryl methyl sites for hydroxylation is 2. The second-order valence-corrected chi connectivity index (χ2v) is 5.90. The zero-order valence-corrected chi connectivity index (χ0v) is 14.9. The van der Waals surface area contributed by atoms with Gasteiger partial charge in [0.15, 0.2) is 0 Å². The Morgan fingerprint density at radius 3 is 2.44 bits per heavy atom. The molecule has 0 unspecified atom stereocenters. The normalized spacial score (nSPS) is 10.5. The van der Waals surface area contributed by atoms with Crippen molar-refractivity contribution in [1.29, 1.82) is 0 Å². The number of carbonyl (C=O) groups excluding carboxylic acids is 1. The van der Waals surface area contributed by atoms with Crippen LogP contribution in [0, 0.1) is 18.6 Å². The molecule has 0 saturated carbocycles. The monoisotopic (exact) mass is 368 g/mol. The number of rotatable bonds is 5. The molecule has 1 amide bonds. The summed E-state index contributed by atoms with van der Waals surface area (Å²) in [7, 11) is 0. The summed E-state index contributed by atoms with van der Waals surface area (Å²) < 4.78 is 27.5. The largest absolute Gasteiger partial charge is 0.324 e. The van der Waals surface area contributed by atoms with E-state index >= 15 is 0 Å². The summed E-state index contributed by atoms with van der Waals surface area (Å²) in [6, 6.07) is 12.5. The highest BCUT2D eigenvalue weighted by molar-refractivity contribution is 6.03. The van der Waals surface area contributed by atoms with Gasteiger partial charge in [-0.3, -0.25) is 4.79 Å². The first-order chi connectivity index (χ1) is 13.0. The van der Waals surface area contributed by atoms with Gasteiger partial charge in [-0.05, 0) is 43.2 Å². The number of nitrogens with zero attached hydrogens (tertiary/aromatic N) is 2. The van der Waals surface area contributed by atoms with Crippen molar-refractivity contribution < 1.29 is 13.6 Å². The highest BCUT2D eigenvalue weighted by atomic mass is 19.1. The molecular formula is C20H18F2N4O. The van der Waals surface area contributed by atoms with Crippen molar-refractivity contribution in [3.63, 3.8) is 0 Å². The van der Waals surface area contributed by atoms with Crippen molar-refractivity contribution >= 4 is 23.2 Å². The molecule has 5 nitrogen and oxygen atoms in total. The number of aromatic nitrogens is 2. The van der Waals surface area contributed by atoms with E-state index < -0.39 is 23.2 Å². The van der Waals surface area contributed by atoms with Gasteiger partial charge in [0.1, 0.15) is 23.0 Å². The second kappa shape index (κ2) is 7.90. The first-order valence-electron chi connectivity index (χ1n) is 8.44. The molecule has 0 bridgehead atoms. The maximum absolute atomic E-state index is 13.8. The number of hydrogen-bond acceptors (Lipinski definition) is 4. The molecule has 0 aliphatic rings. The molecule has 7 heteroatoms. The van der Waals surface area contributed by atoms with Gasteiger partial charge in [0.25, 0.3) is 5.91 Å². The summed E-state index contributed by atoms with van der Waals surface area (Å²) in [6.45, 7) is 3.73. The average molecular weight is 368 g/mol. The highest BCUT2D eigenvalue weighted by Crippen LogP contribution is 2.21. The van der Waals surface area contributed by atoms with E-state index in [9.17, 15) is 13.6 Å². The van der Waals surface area contributed by atoms with Gasteiger partial charge >= 0.3 is 0 Å². The zero-order valence-electron chi connectivity index (χ0n) is 14.9. The number of nitrogens with one attached hydrogen (secondary N) is 2. The Morgan fingerprint density at radius 2 is 1.74 bits per heavy atom. The molecule has 2 aromatic carbocycles. The summed E-state index contributed by atoms with van der Waals surface area (Å²) in [4.78, 5) is 20.9. The third-order valence-electron chi connectivity index (χ3n) is 3.93. The van der Waals surface area contributed by atoms with Crippen molar-refractivity contribution in [2.24, 2.45) is 0 Å². The van der Waals surface area contributed by atoms with Crippen molar-refractivity contribution in [3.05, 3.63) is 77.1 Å². The van der Waals surface area contributed by atoms with Crippen LogP contribution in [0.25, 0.3) is 0 Å². The van der Waals surface area contributed by atoms with Crippen molar-refractivity contribution in [1.82, 2.24) is 9.97 Å². The number of anilines is 3. The molecule has 0 saturated heterocycles. The van der Waals surface area contributed by atoms with E-state index in [1.54, 1.807) is 6.92 Å². The van der Waals surface area contributed by atoms with Gasteiger partial charge in [-0.25, -0.2) is 18.7 Å². The summed E-state index contributed by atoms with van der Waals surface area (Å²) in [5, 5.41) is 5.32. The molecule has 1 heterocycles. The quantitative estimate of drug-likeness (QED) is 0.689. The molecule has 0 aliphatic heterocycles. The number of benzene rings is 2. The van der Waals surface area contributed by atoms with E-state index in [0.717, 1.165) is 29.8 Å². The van der Waals surface area contributed by atoms with E-state index in [1.165, 1.54) is 12.1 Å². The van der Waals surface area contributed by atoms with Crippen LogP contribution in [0.4, 0.5) is 26.1 Å². The Kier molecular flexibility index (Phi) is 5.40. The summed E-state index contributed by atoms with van der Waals surface area (Å²) in [6.07, 6.45) is 0.814. The van der Waals surface area contributed by atoms with Crippen LogP contribution < -0.4 is 10.6 Å². The van der Waals surface area contributed by atoms with Gasteiger partial charge in [0, 0.05) is 11.4 Å². The van der Waals surface area contributed by atoms with E-state index in [0.29, 0.717) is 5.69 Å². The van der Waals surface area contributed by atoms with Crippen molar-refractivity contribution in [2.75, 3.05) is 10.6 Å². The standard InChI is InChI=1S/C20H18F2N4O/c1-3-13-7-4-5-10-16(13)24-20-23-12(2)11-17(25-20)19(27)26-18-14(21)8-6-9-15(18)22/h4-11H,3H2,1-2H3,(H,26,27)(H,23,24,25). The number of halogens is 2. The molecule has 0 fully saturated rings. The number of para-hydroxylation sites is 2. The highest BCUT2D eigenvalue weighted by Gasteiger charge is 2.16. The van der Waals surface area contributed by atoms with Crippen LogP contribution in [-0.4, -0.2) is 15.9 Å². The predicted molar refractivity (Wildman–Crippen MR) is 100 cm³/mol. The van der Waals surface area contributed by atoms with Crippen LogP contribution in [0.2, 0.25) is 0 Å². The minimum absolute atomic E-state index is 0.00151. The molecule has 3 aromatic rings. The number of amides is 1. The van der Waals surface area contributed by atoms with E-state index in [1.807, 2.05) is 31.2 Å². The van der Waals surface area contributed by atoms with Crippen LogP contribution in [0.15, 0.2) is 48.5 Å². The Morgan fingerprint density at radius 1 is 1.04 bits per heavy atom. The minimum atomic E-state index is -0.857. The SMILES string of the molecule is CCc1ccccc1Nc1nc(C)cc(C(=O)Nc2c(F)cccc2F)n1. The van der Waals surface area contributed by atoms with Gasteiger partial charge in [-0.2, -0.15) is 0 Å². The molecule has 3 rings (SSSR count). The fourth-order valence-corrected chi connectivity index (χ4v) is 2.61. The van der Waals surface area contributed by atoms with Crippen molar-refractivity contribution in [3.8, 4) is 0 Å². The fourth-order valence-electron chi connectivity index (χ4n) is 2.61. The van der Waals surface area contributed by atoms with Gasteiger partial charge < -0.3 is 10.6 Å². The van der Waals surface area contributed by atoms with Crippen LogP contribution >= 0.6 is 0 Å². The smallest absolute Gasteiger partial charge is 0.274 e. The first kappa shape index (κ1) is 18.4. The predicted octanol–water partition coefficient (Wildman–Crippen LogP) is 4.62. The molecule has 0 radical (unpaired) electrons. The minimum Gasteiger partial charge on any atom is -0.324 e. The third-order valence-corrected chi connectivity index (χ3v) is 3.93. The number of hydrogen-bond donors (Lipinski definition) is 2. The maximum atomic E-state index is 13.8. The average Bonchev–Trinajstić information content (AvgIpc) is 2.64. The van der Waals surface area contributed by atoms with Crippen LogP contribution in [0.3, 0.4) is 0 Å². The van der Waals surface area contributed by atoms with Gasteiger partial charge in [-0.1, -0.05) is 31.2 Å². The fraction of sp³-hybridized carbons (Fsp3) is 0.150. The van der Waals surface area contributed by atoms with E-state index in [2.05, 4.69) is 20.6 Å². The Bertz CT molecular complexity index is 971. The molecule has 2 N–H and O–H groups in total. The number of carbonyl (C=O) groups is 1. The lowest BCUT2D eigenvalue weighted by Gasteiger charge is -2.12. The third kappa shape index (κ3) is 4.25. The Balaban J connectivity index is 1.88. The maximum Gasteiger partial charge on any atom is 0.274 e. The Labute approximate surface area is 155 Å². The first-order valence-corrected chi connectivity index (χ1v) is 8.44. The molecule has 0 spiro atoms. The lowest BCUT2D eigenvalue weighted by atomic mass is 10.1. The second-order valence-electron chi connectivity index (χ2n) is 5.90. The zero-order chi connectivity index (χ0) is 19.4. The van der Waals surface area contributed by atoms with E-state index in [-0.39, 0.29) is 11.6 Å². The summed E-state index contributed by atoms with van der Waals surface area (Å²) >= 11 is 0. The molecule has 27 heavy (non-hydrogen) atoms. The van der Waals surface area contributed by atoms with E-state index in [4.69, 9.17) is 0 Å². The molecule has 0 atom stereocenters. The van der Waals surface area contributed by atoms with Gasteiger partial charge in [0.2, 0.25) is 5.95 Å². The summed E-state index contributed by atoms with van der Waals surface area (Å²) in [5.41, 5.74) is 1.94. The summed E-state index contributed by atoms with van der Waals surface area (Å²) in [5.74, 6) is -2.21. The molecule has 1 aromatic heterocycles. The lowest BCUT2D eigenvalue weighted by molar-refractivity contribution is 0.102. The topological polar surface area (TPSA) is 66.9 Å². The lowest BCUT2D eigenvalue weighted by Crippen LogP contribution is -2.17. The van der Waals surface area contributed by atoms with Crippen molar-refractivity contribution in [2.45, 2.75) is 20.3 Å². The molecule has 0 aliphatic carbocycles. The van der Waals surface area contributed by atoms with Crippen LogP contribution in [0.5, 0.6) is 0 Å². The van der Waals surface area contributed by atoms with Crippen LogP contribution in [-0.2, 0) is 6.42 Å². The van der Waals surface area contributed by atoms with Gasteiger partial charge in [-0.15, -0.1) is 0 Å².